The average Bonchev–Trinajstić information content (AvgIpc) is 2.39. The molecule has 0 fully saturated rings. The summed E-state index contributed by atoms with van der Waals surface area (Å²) < 4.78 is 5.53. The van der Waals surface area contributed by atoms with Crippen LogP contribution in [0.1, 0.15) is 25.0 Å². The van der Waals surface area contributed by atoms with Gasteiger partial charge in [-0.25, -0.2) is 0 Å². The zero-order valence-electron chi connectivity index (χ0n) is 10.9. The fourth-order valence-electron chi connectivity index (χ4n) is 1.67. The molecule has 1 aliphatic rings. The number of ether oxygens (including phenoxy) is 1. The Morgan fingerprint density at radius 2 is 2.00 bits per heavy atom. The minimum Gasteiger partial charge on any atom is -0.492 e. The number of nitrogens with two attached hydrogens (primary N) is 1. The van der Waals surface area contributed by atoms with Crippen molar-refractivity contribution in [1.29, 1.82) is 0 Å². The number of hydrogen-bond acceptors (Lipinski definition) is 2. The molecule has 1 aromatic rings. The third-order valence-corrected chi connectivity index (χ3v) is 2.39. The molecule has 0 bridgehead atoms. The van der Waals surface area contributed by atoms with Crippen LogP contribution in [-0.4, -0.2) is 0 Å². The quantitative estimate of drug-likeness (QED) is 0.661. The van der Waals surface area contributed by atoms with Crippen LogP contribution in [0.15, 0.2) is 43.2 Å². The predicted molar refractivity (Wildman–Crippen MR) is 73.1 cm³/mol. The first-order chi connectivity index (χ1) is 8.26. The third-order valence-electron chi connectivity index (χ3n) is 2.39. The number of nitrogen functional groups attached to an aromatic ring is 1. The van der Waals surface area contributed by atoms with Gasteiger partial charge in [0, 0.05) is 18.6 Å². The summed E-state index contributed by atoms with van der Waals surface area (Å²) in [6.07, 6.45) is 3.45. The molecule has 0 unspecified atom stereocenters. The Bertz CT molecular complexity index is 464. The van der Waals surface area contributed by atoms with Crippen molar-refractivity contribution in [2.24, 2.45) is 0 Å². The Labute approximate surface area is 121 Å². The molecule has 0 saturated heterocycles. The van der Waals surface area contributed by atoms with E-state index in [1.54, 1.807) is 12.2 Å². The van der Waals surface area contributed by atoms with Gasteiger partial charge >= 0.3 is 0 Å². The molecule has 18 heavy (non-hydrogen) atoms. The maximum absolute atomic E-state index is 5.66. The van der Waals surface area contributed by atoms with Gasteiger partial charge in [0.25, 0.3) is 0 Å². The molecule has 2 N–H and O–H groups in total. The van der Waals surface area contributed by atoms with Crippen LogP contribution >= 0.6 is 0 Å². The zero-order valence-corrected chi connectivity index (χ0v) is 12.3. The van der Waals surface area contributed by atoms with E-state index in [1.807, 2.05) is 26.0 Å². The maximum atomic E-state index is 5.66. The van der Waals surface area contributed by atoms with Gasteiger partial charge in [0.2, 0.25) is 0 Å². The van der Waals surface area contributed by atoms with E-state index in [1.165, 1.54) is 0 Å². The normalized spacial score (nSPS) is 12.1. The summed E-state index contributed by atoms with van der Waals surface area (Å²) in [6.45, 7) is 12.0. The minimum atomic E-state index is 0. The molecule has 0 aromatic heterocycles. The first-order valence-electron chi connectivity index (χ1n) is 5.68. The second-order valence-electron chi connectivity index (χ2n) is 3.30. The molecule has 1 heterocycles. The van der Waals surface area contributed by atoms with Crippen molar-refractivity contribution < 1.29 is 23.3 Å². The molecule has 3 heteroatoms. The molecule has 0 saturated carbocycles. The maximum Gasteiger partial charge on any atom is 0.114 e. The predicted octanol–water partition coefficient (Wildman–Crippen LogP) is 3.71. The summed E-state index contributed by atoms with van der Waals surface area (Å²) in [5.41, 5.74) is 9.37. The van der Waals surface area contributed by atoms with E-state index in [0.29, 0.717) is 12.3 Å². The van der Waals surface area contributed by atoms with E-state index in [4.69, 9.17) is 10.5 Å². The van der Waals surface area contributed by atoms with Crippen LogP contribution in [-0.2, 0) is 29.9 Å². The van der Waals surface area contributed by atoms with Crippen LogP contribution in [0.3, 0.4) is 0 Å². The summed E-state index contributed by atoms with van der Waals surface area (Å²) in [7, 11) is 0. The number of rotatable bonds is 2. The Balaban J connectivity index is 0.000000917. The van der Waals surface area contributed by atoms with E-state index in [2.05, 4.69) is 19.2 Å². The molecule has 1 aromatic carbocycles. The molecule has 0 amide bonds. The monoisotopic (exact) mass is 279 g/mol. The Morgan fingerprint density at radius 1 is 1.33 bits per heavy atom. The van der Waals surface area contributed by atoms with Crippen molar-refractivity contribution in [2.75, 3.05) is 5.73 Å². The molecule has 95 valence electrons. The van der Waals surface area contributed by atoms with Gasteiger partial charge in [-0.15, -0.1) is 17.2 Å². The van der Waals surface area contributed by atoms with Gasteiger partial charge < -0.3 is 10.5 Å². The third kappa shape index (κ3) is 3.31. The van der Waals surface area contributed by atoms with Gasteiger partial charge in [-0.3, -0.25) is 0 Å². The van der Waals surface area contributed by atoms with Crippen LogP contribution in [0, 0.1) is 6.07 Å². The van der Waals surface area contributed by atoms with Crippen molar-refractivity contribution in [3.8, 4) is 0 Å². The summed E-state index contributed by atoms with van der Waals surface area (Å²) in [5.74, 6) is 0.760. The molecule has 1 aliphatic heterocycles. The van der Waals surface area contributed by atoms with Gasteiger partial charge in [0.05, 0.1) is 6.61 Å². The van der Waals surface area contributed by atoms with Gasteiger partial charge in [-0.05, 0) is 11.6 Å². The van der Waals surface area contributed by atoms with E-state index < -0.39 is 0 Å². The van der Waals surface area contributed by atoms with Gasteiger partial charge in [0.15, 0.2) is 0 Å². The van der Waals surface area contributed by atoms with E-state index in [0.717, 1.165) is 22.5 Å². The summed E-state index contributed by atoms with van der Waals surface area (Å²) in [6, 6.07) is 6.72. The van der Waals surface area contributed by atoms with Crippen LogP contribution < -0.4 is 5.73 Å². The zero-order chi connectivity index (χ0) is 12.8. The van der Waals surface area contributed by atoms with Crippen molar-refractivity contribution in [3.05, 3.63) is 60.4 Å². The smallest absolute Gasteiger partial charge is 0.114 e. The molecular formula is C15H18NOV-. The first-order valence-corrected chi connectivity index (χ1v) is 5.68. The Hall–Kier alpha value is -1.38. The second-order valence-corrected chi connectivity index (χ2v) is 3.30. The average molecular weight is 279 g/mol. The largest absolute Gasteiger partial charge is 0.492 e. The van der Waals surface area contributed by atoms with Crippen molar-refractivity contribution in [3.63, 3.8) is 0 Å². The summed E-state index contributed by atoms with van der Waals surface area (Å²) >= 11 is 0. The number of allylic oxidation sites excluding steroid dienone is 3. The fourth-order valence-corrected chi connectivity index (χ4v) is 1.67. The van der Waals surface area contributed by atoms with Gasteiger partial charge in [0.1, 0.15) is 5.76 Å². The molecule has 2 nitrogen and oxygen atoms in total. The minimum absolute atomic E-state index is 0. The molecule has 0 atom stereocenters. The van der Waals surface area contributed by atoms with Gasteiger partial charge in [-0.2, -0.15) is 12.1 Å². The number of anilines is 1. The van der Waals surface area contributed by atoms with Crippen LogP contribution in [0.4, 0.5) is 5.69 Å². The van der Waals surface area contributed by atoms with Crippen molar-refractivity contribution >= 4 is 11.3 Å². The van der Waals surface area contributed by atoms with E-state index >= 15 is 0 Å². The van der Waals surface area contributed by atoms with Crippen LogP contribution in [0.5, 0.6) is 0 Å². The molecule has 2 rings (SSSR count). The standard InChI is InChI=1S/C13H12NO.C2H6.V/c1-3-11-12-6-5-10(14)7-9(12)8-15-13(11)4-2;1-2;/h3-4,6-7H,1-2,8,14H2;1-2H3;/q-1;;. The molecule has 0 spiro atoms. The fraction of sp³-hybridized carbons (Fsp3) is 0.200. The van der Waals surface area contributed by atoms with Crippen LogP contribution in [0.2, 0.25) is 0 Å². The summed E-state index contributed by atoms with van der Waals surface area (Å²) in [4.78, 5) is 0. The summed E-state index contributed by atoms with van der Waals surface area (Å²) in [5, 5.41) is 0. The van der Waals surface area contributed by atoms with Gasteiger partial charge in [-0.1, -0.05) is 38.8 Å². The van der Waals surface area contributed by atoms with Crippen molar-refractivity contribution in [2.45, 2.75) is 20.5 Å². The van der Waals surface area contributed by atoms with Crippen molar-refractivity contribution in [1.82, 2.24) is 0 Å². The Morgan fingerprint density at radius 3 is 2.56 bits per heavy atom. The topological polar surface area (TPSA) is 35.2 Å². The SMILES string of the molecule is C=CC1=C(C=C)c2c[c-]c(N)cc2CO1.CC.[V]. The van der Waals surface area contributed by atoms with E-state index in [-0.39, 0.29) is 18.6 Å². The van der Waals surface area contributed by atoms with Crippen LogP contribution in [0.25, 0.3) is 5.57 Å². The second kappa shape index (κ2) is 7.86. The first kappa shape index (κ1) is 16.6. The Kier molecular flexibility index (Phi) is 7.26. The molecule has 0 aliphatic carbocycles. The van der Waals surface area contributed by atoms with E-state index in [9.17, 15) is 0 Å². The number of fused-ring (bicyclic) bond motifs is 1. The number of benzene rings is 1. The number of hydrogen-bond donors (Lipinski definition) is 1. The molecule has 1 radical (unpaired) electrons. The molecular weight excluding hydrogens is 261 g/mol.